The number of para-hydroxylation sites is 2. The summed E-state index contributed by atoms with van der Waals surface area (Å²) in [4.78, 5) is 0. The van der Waals surface area contributed by atoms with Gasteiger partial charge >= 0.3 is 0 Å². The van der Waals surface area contributed by atoms with E-state index in [0.29, 0.717) is 5.92 Å². The smallest absolute Gasteiger partial charge is 0.0700 e. The number of nitrogens with one attached hydrogen (secondary N) is 1. The molecule has 2 aromatic rings. The third kappa shape index (κ3) is 2.28. The van der Waals surface area contributed by atoms with Crippen molar-refractivity contribution in [2.75, 3.05) is 5.01 Å². The lowest BCUT2D eigenvalue weighted by atomic mass is 9.54. The summed E-state index contributed by atoms with van der Waals surface area (Å²) in [6.45, 7) is 4.87. The van der Waals surface area contributed by atoms with Crippen LogP contribution in [0, 0.1) is 23.7 Å². The predicted molar refractivity (Wildman–Crippen MR) is 108 cm³/mol. The molecule has 26 heavy (non-hydrogen) atoms. The Labute approximate surface area is 157 Å². The fraction of sp³-hybridized carbons (Fsp3) is 0.500. The van der Waals surface area contributed by atoms with Crippen LogP contribution < -0.4 is 10.4 Å². The van der Waals surface area contributed by atoms with Gasteiger partial charge in [0.05, 0.1) is 16.9 Å². The van der Waals surface area contributed by atoms with Gasteiger partial charge in [0.25, 0.3) is 0 Å². The van der Waals surface area contributed by atoms with Gasteiger partial charge < -0.3 is 0 Å². The molecule has 2 bridgehead atoms. The average Bonchev–Trinajstić information content (AvgIpc) is 3.04. The fourth-order valence-corrected chi connectivity index (χ4v) is 6.34. The van der Waals surface area contributed by atoms with E-state index < -0.39 is 0 Å². The van der Waals surface area contributed by atoms with Gasteiger partial charge in [-0.1, -0.05) is 56.7 Å². The van der Waals surface area contributed by atoms with Gasteiger partial charge in [-0.15, -0.1) is 0 Å². The third-order valence-corrected chi connectivity index (χ3v) is 7.49. The highest BCUT2D eigenvalue weighted by molar-refractivity contribution is 5.71. The van der Waals surface area contributed by atoms with Gasteiger partial charge in [-0.25, -0.2) is 5.43 Å². The molecular weight excluding hydrogens is 316 g/mol. The lowest BCUT2D eigenvalue weighted by molar-refractivity contribution is -0.00247. The van der Waals surface area contributed by atoms with Crippen molar-refractivity contribution in [3.63, 3.8) is 0 Å². The molecule has 5 unspecified atom stereocenters. The summed E-state index contributed by atoms with van der Waals surface area (Å²) in [5.74, 6) is 3.24. The molecule has 0 aromatic heterocycles. The van der Waals surface area contributed by atoms with Crippen LogP contribution in [0.4, 0.5) is 11.4 Å². The van der Waals surface area contributed by atoms with Gasteiger partial charge in [0.15, 0.2) is 0 Å². The molecule has 0 radical (unpaired) electrons. The summed E-state index contributed by atoms with van der Waals surface area (Å²) >= 11 is 0. The minimum Gasteiger partial charge on any atom is -0.276 e. The Bertz CT molecular complexity index is 784. The Balaban J connectivity index is 1.62. The van der Waals surface area contributed by atoms with Gasteiger partial charge in [-0.3, -0.25) is 5.01 Å². The van der Waals surface area contributed by atoms with E-state index in [1.807, 2.05) is 0 Å². The monoisotopic (exact) mass is 346 g/mol. The lowest BCUT2D eigenvalue weighted by Crippen LogP contribution is -2.58. The summed E-state index contributed by atoms with van der Waals surface area (Å²) in [7, 11) is 0. The lowest BCUT2D eigenvalue weighted by Gasteiger charge is -2.54. The molecule has 2 nitrogen and oxygen atoms in total. The number of rotatable bonds is 2. The largest absolute Gasteiger partial charge is 0.276 e. The average molecular weight is 347 g/mol. The van der Waals surface area contributed by atoms with Crippen molar-refractivity contribution >= 4 is 11.4 Å². The van der Waals surface area contributed by atoms with E-state index in [-0.39, 0.29) is 5.54 Å². The molecule has 2 saturated carbocycles. The summed E-state index contributed by atoms with van der Waals surface area (Å²) in [5.41, 5.74) is 8.28. The minimum absolute atomic E-state index is 0.0940. The molecule has 1 spiro atoms. The maximum Gasteiger partial charge on any atom is 0.0700 e. The summed E-state index contributed by atoms with van der Waals surface area (Å²) < 4.78 is 0. The molecule has 2 aromatic carbocycles. The van der Waals surface area contributed by atoms with Crippen LogP contribution in [-0.2, 0) is 5.54 Å². The molecule has 3 aliphatic rings. The van der Waals surface area contributed by atoms with Crippen LogP contribution in [0.25, 0.3) is 0 Å². The van der Waals surface area contributed by atoms with E-state index in [1.165, 1.54) is 49.0 Å². The SMILES string of the molecule is CCC1CC2CC(C)C3(NN(c4ccccc4)c4ccccc43)C(C1)C2. The zero-order chi connectivity index (χ0) is 17.7. The Kier molecular flexibility index (Phi) is 3.86. The molecule has 2 heteroatoms. The molecular formula is C24H30N2. The van der Waals surface area contributed by atoms with Crippen molar-refractivity contribution in [2.24, 2.45) is 23.7 Å². The second-order valence-corrected chi connectivity index (χ2v) is 8.85. The highest BCUT2D eigenvalue weighted by atomic mass is 15.6. The molecule has 136 valence electrons. The zero-order valence-electron chi connectivity index (χ0n) is 16.0. The number of fused-ring (bicyclic) bond motifs is 5. The van der Waals surface area contributed by atoms with E-state index in [4.69, 9.17) is 0 Å². The van der Waals surface area contributed by atoms with E-state index in [9.17, 15) is 0 Å². The first-order valence-corrected chi connectivity index (χ1v) is 10.4. The van der Waals surface area contributed by atoms with Gasteiger partial charge in [0, 0.05) is 0 Å². The maximum atomic E-state index is 4.07. The molecule has 0 saturated heterocycles. The van der Waals surface area contributed by atoms with Crippen LogP contribution >= 0.6 is 0 Å². The Morgan fingerprint density at radius 3 is 2.54 bits per heavy atom. The Morgan fingerprint density at radius 2 is 1.73 bits per heavy atom. The van der Waals surface area contributed by atoms with Crippen LogP contribution in [-0.4, -0.2) is 0 Å². The summed E-state index contributed by atoms with van der Waals surface area (Å²) in [6.07, 6.45) is 6.92. The molecule has 2 fully saturated rings. The maximum absolute atomic E-state index is 4.07. The van der Waals surface area contributed by atoms with E-state index >= 15 is 0 Å². The van der Waals surface area contributed by atoms with E-state index in [2.05, 4.69) is 78.9 Å². The molecule has 1 aliphatic heterocycles. The zero-order valence-corrected chi connectivity index (χ0v) is 16.0. The topological polar surface area (TPSA) is 15.3 Å². The van der Waals surface area contributed by atoms with Crippen molar-refractivity contribution in [2.45, 2.75) is 51.5 Å². The second-order valence-electron chi connectivity index (χ2n) is 8.85. The Morgan fingerprint density at radius 1 is 0.962 bits per heavy atom. The minimum atomic E-state index is 0.0940. The first-order valence-electron chi connectivity index (χ1n) is 10.4. The molecule has 1 heterocycles. The van der Waals surface area contributed by atoms with Gasteiger partial charge in [0.2, 0.25) is 0 Å². The number of benzene rings is 2. The highest BCUT2D eigenvalue weighted by Gasteiger charge is 2.56. The first kappa shape index (κ1) is 16.4. The van der Waals surface area contributed by atoms with Gasteiger partial charge in [0.1, 0.15) is 0 Å². The van der Waals surface area contributed by atoms with Crippen molar-refractivity contribution in [1.82, 2.24) is 5.43 Å². The van der Waals surface area contributed by atoms with Gasteiger partial charge in [-0.2, -0.15) is 0 Å². The number of hydrogen-bond acceptors (Lipinski definition) is 2. The molecule has 5 atom stereocenters. The standard InChI is InChI=1S/C24H30N2/c1-3-18-14-19-13-17(2)24(20(15-18)16-19)22-11-7-8-12-23(22)26(25-24)21-9-5-4-6-10-21/h4-12,17-20,25H,3,13-16H2,1-2H3. The highest BCUT2D eigenvalue weighted by Crippen LogP contribution is 2.59. The quantitative estimate of drug-likeness (QED) is 0.715. The fourth-order valence-electron chi connectivity index (χ4n) is 6.34. The van der Waals surface area contributed by atoms with Crippen LogP contribution in [0.2, 0.25) is 0 Å². The van der Waals surface area contributed by atoms with E-state index in [1.54, 1.807) is 0 Å². The van der Waals surface area contributed by atoms with Crippen LogP contribution in [0.15, 0.2) is 54.6 Å². The third-order valence-electron chi connectivity index (χ3n) is 7.49. The van der Waals surface area contributed by atoms with Crippen molar-refractivity contribution < 1.29 is 0 Å². The first-order chi connectivity index (χ1) is 12.7. The van der Waals surface area contributed by atoms with Crippen molar-refractivity contribution in [3.8, 4) is 0 Å². The normalized spacial score (nSPS) is 35.5. The molecule has 0 amide bonds. The van der Waals surface area contributed by atoms with E-state index in [0.717, 1.165) is 17.8 Å². The summed E-state index contributed by atoms with van der Waals surface area (Å²) in [5, 5.41) is 2.36. The van der Waals surface area contributed by atoms with Crippen LogP contribution in [0.1, 0.15) is 51.5 Å². The van der Waals surface area contributed by atoms with Crippen molar-refractivity contribution in [1.29, 1.82) is 0 Å². The number of hydrazine groups is 1. The number of nitrogens with zero attached hydrogens (tertiary/aromatic N) is 1. The number of anilines is 2. The number of hydrogen-bond donors (Lipinski definition) is 1. The van der Waals surface area contributed by atoms with Gasteiger partial charge in [-0.05, 0) is 73.1 Å². The summed E-state index contributed by atoms with van der Waals surface area (Å²) in [6, 6.07) is 19.9. The van der Waals surface area contributed by atoms with Crippen LogP contribution in [0.5, 0.6) is 0 Å². The second kappa shape index (κ2) is 6.13. The van der Waals surface area contributed by atoms with Crippen molar-refractivity contribution in [3.05, 3.63) is 60.2 Å². The molecule has 5 rings (SSSR count). The Hall–Kier alpha value is -1.80. The molecule has 2 aliphatic carbocycles. The predicted octanol–water partition coefficient (Wildman–Crippen LogP) is 6.02. The van der Waals surface area contributed by atoms with Crippen LogP contribution in [0.3, 0.4) is 0 Å². The molecule has 1 N–H and O–H groups in total.